The van der Waals surface area contributed by atoms with Crippen molar-refractivity contribution in [2.24, 2.45) is 0 Å². The molecule has 0 spiro atoms. The fourth-order valence-corrected chi connectivity index (χ4v) is 6.46. The Morgan fingerprint density at radius 2 is 1.55 bits per heavy atom. The fourth-order valence-electron chi connectivity index (χ4n) is 4.12. The Morgan fingerprint density at radius 1 is 0.952 bits per heavy atom. The monoisotopic (exact) mass is 651 g/mol. The number of rotatable bonds is 13. The van der Waals surface area contributed by atoms with E-state index in [1.807, 2.05) is 27.0 Å². The molecule has 0 aromatic heterocycles. The number of nitrogens with zero attached hydrogens (tertiary/aromatic N) is 2. The van der Waals surface area contributed by atoms with Gasteiger partial charge in [0.2, 0.25) is 11.8 Å². The highest BCUT2D eigenvalue weighted by Gasteiger charge is 2.33. The number of nitrogens with one attached hydrogen (secondary N) is 1. The summed E-state index contributed by atoms with van der Waals surface area (Å²) in [6.07, 6.45) is 1.89. The fraction of sp³-hybridized carbons (Fsp3) is 0.333. The van der Waals surface area contributed by atoms with E-state index in [0.717, 1.165) is 9.20 Å². The Balaban J connectivity index is 2.07. The van der Waals surface area contributed by atoms with E-state index < -0.39 is 34.4 Å². The molecule has 0 radical (unpaired) electrons. The summed E-state index contributed by atoms with van der Waals surface area (Å²) in [4.78, 5) is 29.3. The summed E-state index contributed by atoms with van der Waals surface area (Å²) in [5.41, 5.74) is 0.706. The lowest BCUT2D eigenvalue weighted by Gasteiger charge is -2.32. The largest absolute Gasteiger partial charge is 0.494 e. The molecule has 0 saturated heterocycles. The molecule has 3 rings (SSSR count). The molecule has 3 aromatic carbocycles. The summed E-state index contributed by atoms with van der Waals surface area (Å²) in [5.74, 6) is -0.455. The van der Waals surface area contributed by atoms with Crippen LogP contribution in [0.1, 0.15) is 33.3 Å². The van der Waals surface area contributed by atoms with E-state index in [0.29, 0.717) is 28.0 Å². The molecular weight excluding hydrogens is 617 g/mol. The maximum atomic E-state index is 14.1. The highest BCUT2D eigenvalue weighted by Crippen LogP contribution is 2.29. The number of benzene rings is 3. The molecule has 226 valence electrons. The van der Waals surface area contributed by atoms with Crippen LogP contribution in [0.5, 0.6) is 5.75 Å². The summed E-state index contributed by atoms with van der Waals surface area (Å²) >= 11 is 14.3. The van der Waals surface area contributed by atoms with E-state index in [1.54, 1.807) is 61.5 Å². The predicted octanol–water partition coefficient (Wildman–Crippen LogP) is 6.25. The van der Waals surface area contributed by atoms with Crippen LogP contribution in [0, 0.1) is 0 Å². The highest BCUT2D eigenvalue weighted by molar-refractivity contribution is 7.98. The zero-order valence-corrected chi connectivity index (χ0v) is 27.3. The summed E-state index contributed by atoms with van der Waals surface area (Å²) in [6, 6.07) is 16.7. The van der Waals surface area contributed by atoms with Crippen molar-refractivity contribution in [3.05, 3.63) is 82.3 Å². The van der Waals surface area contributed by atoms with Gasteiger partial charge in [-0.3, -0.25) is 13.9 Å². The molecule has 8 nitrogen and oxygen atoms in total. The molecule has 42 heavy (non-hydrogen) atoms. The topological polar surface area (TPSA) is 96.0 Å². The lowest BCUT2D eigenvalue weighted by atomic mass is 10.1. The number of anilines is 1. The predicted molar refractivity (Wildman–Crippen MR) is 170 cm³/mol. The van der Waals surface area contributed by atoms with Crippen molar-refractivity contribution >= 4 is 62.5 Å². The Labute approximate surface area is 262 Å². The van der Waals surface area contributed by atoms with E-state index in [2.05, 4.69) is 5.32 Å². The van der Waals surface area contributed by atoms with Gasteiger partial charge in [-0.2, -0.15) is 0 Å². The standard InChI is InChI=1S/C30H35Cl2N3O5S2/c1-6-40-23-12-10-22(11-13-23)35(42(38,39)25-16-14-24(41-5)15-17-25)19-29(36)34(21(4)30(37)33-20(2)3)18-26-27(31)8-7-9-28(26)32/h7-17,20-21H,6,18-19H2,1-5H3,(H,33,37)/t21-/m0/s1. The van der Waals surface area contributed by atoms with Crippen molar-refractivity contribution < 1.29 is 22.7 Å². The molecule has 0 fully saturated rings. The third-order valence-corrected chi connectivity index (χ3v) is 9.59. The zero-order chi connectivity index (χ0) is 31.0. The highest BCUT2D eigenvalue weighted by atomic mass is 35.5. The van der Waals surface area contributed by atoms with Crippen molar-refractivity contribution in [1.82, 2.24) is 10.2 Å². The van der Waals surface area contributed by atoms with Crippen LogP contribution in [0.15, 0.2) is 76.5 Å². The van der Waals surface area contributed by atoms with E-state index in [9.17, 15) is 18.0 Å². The quantitative estimate of drug-likeness (QED) is 0.220. The van der Waals surface area contributed by atoms with Crippen LogP contribution < -0.4 is 14.4 Å². The lowest BCUT2D eigenvalue weighted by molar-refractivity contribution is -0.139. The van der Waals surface area contributed by atoms with Gasteiger partial charge in [0.25, 0.3) is 10.0 Å². The second kappa shape index (κ2) is 15.0. The Hall–Kier alpha value is -2.92. The summed E-state index contributed by atoms with van der Waals surface area (Å²) < 4.78 is 34.6. The normalized spacial score (nSPS) is 12.1. The molecule has 2 amide bonds. The van der Waals surface area contributed by atoms with Gasteiger partial charge in [-0.1, -0.05) is 29.3 Å². The number of sulfonamides is 1. The van der Waals surface area contributed by atoms with Crippen LogP contribution in [-0.2, 0) is 26.2 Å². The third-order valence-electron chi connectivity index (χ3n) is 6.35. The number of amides is 2. The molecular formula is C30H35Cl2N3O5S2. The van der Waals surface area contributed by atoms with Crippen LogP contribution >= 0.6 is 35.0 Å². The van der Waals surface area contributed by atoms with Crippen molar-refractivity contribution in [3.63, 3.8) is 0 Å². The van der Waals surface area contributed by atoms with Crippen LogP contribution in [0.3, 0.4) is 0 Å². The second-order valence-corrected chi connectivity index (χ2v) is 13.2. The number of thioether (sulfide) groups is 1. The SMILES string of the molecule is CCOc1ccc(N(CC(=O)N(Cc2c(Cl)cccc2Cl)[C@@H](C)C(=O)NC(C)C)S(=O)(=O)c2ccc(SC)cc2)cc1. The maximum Gasteiger partial charge on any atom is 0.264 e. The Bertz CT molecular complexity index is 1460. The van der Waals surface area contributed by atoms with Gasteiger partial charge in [0.15, 0.2) is 0 Å². The maximum absolute atomic E-state index is 14.1. The van der Waals surface area contributed by atoms with Gasteiger partial charge >= 0.3 is 0 Å². The van der Waals surface area contributed by atoms with Crippen molar-refractivity contribution in [2.75, 3.05) is 23.7 Å². The van der Waals surface area contributed by atoms with Crippen molar-refractivity contribution in [2.45, 2.75) is 56.1 Å². The summed E-state index contributed by atoms with van der Waals surface area (Å²) in [6.45, 7) is 6.80. The number of carbonyl (C=O) groups excluding carboxylic acids is 2. The van der Waals surface area contributed by atoms with Crippen LogP contribution in [0.4, 0.5) is 5.69 Å². The summed E-state index contributed by atoms with van der Waals surface area (Å²) in [5, 5.41) is 3.46. The second-order valence-electron chi connectivity index (χ2n) is 9.68. The molecule has 3 aromatic rings. The smallest absolute Gasteiger partial charge is 0.264 e. The Kier molecular flexibility index (Phi) is 12.0. The molecule has 0 aliphatic carbocycles. The lowest BCUT2D eigenvalue weighted by Crippen LogP contribution is -2.52. The Morgan fingerprint density at radius 3 is 2.07 bits per heavy atom. The molecule has 1 atom stereocenters. The number of ether oxygens (including phenoxy) is 1. The zero-order valence-electron chi connectivity index (χ0n) is 24.1. The van der Waals surface area contributed by atoms with Gasteiger partial charge in [0, 0.05) is 33.1 Å². The first kappa shape index (κ1) is 33.6. The minimum Gasteiger partial charge on any atom is -0.494 e. The van der Waals surface area contributed by atoms with Gasteiger partial charge in [0.1, 0.15) is 18.3 Å². The van der Waals surface area contributed by atoms with Crippen LogP contribution in [0.25, 0.3) is 0 Å². The van der Waals surface area contributed by atoms with Crippen LogP contribution in [0.2, 0.25) is 10.0 Å². The van der Waals surface area contributed by atoms with Crippen LogP contribution in [-0.4, -0.2) is 56.6 Å². The first-order chi connectivity index (χ1) is 19.9. The number of hydrogen-bond donors (Lipinski definition) is 1. The van der Waals surface area contributed by atoms with Gasteiger partial charge in [-0.15, -0.1) is 11.8 Å². The summed E-state index contributed by atoms with van der Waals surface area (Å²) in [7, 11) is -4.20. The van der Waals surface area contributed by atoms with Gasteiger partial charge in [0.05, 0.1) is 17.2 Å². The molecule has 0 aliphatic heterocycles. The molecule has 0 bridgehead atoms. The first-order valence-electron chi connectivity index (χ1n) is 13.3. The van der Waals surface area contributed by atoms with Gasteiger partial charge in [-0.05, 0) is 94.6 Å². The van der Waals surface area contributed by atoms with Crippen molar-refractivity contribution in [1.29, 1.82) is 0 Å². The first-order valence-corrected chi connectivity index (χ1v) is 16.7. The van der Waals surface area contributed by atoms with E-state index >= 15 is 0 Å². The minimum atomic E-state index is -4.20. The third kappa shape index (κ3) is 8.34. The molecule has 0 heterocycles. The van der Waals surface area contributed by atoms with E-state index in [4.69, 9.17) is 27.9 Å². The van der Waals surface area contributed by atoms with Crippen molar-refractivity contribution in [3.8, 4) is 5.75 Å². The van der Waals surface area contributed by atoms with E-state index in [1.165, 1.54) is 28.8 Å². The number of carbonyl (C=O) groups is 2. The van der Waals surface area contributed by atoms with Gasteiger partial charge < -0.3 is 15.0 Å². The average molecular weight is 653 g/mol. The molecule has 1 N–H and O–H groups in total. The molecule has 12 heteroatoms. The van der Waals surface area contributed by atoms with E-state index in [-0.39, 0.29) is 23.2 Å². The molecule has 0 saturated carbocycles. The number of halogens is 2. The average Bonchev–Trinajstić information content (AvgIpc) is 2.95. The molecule has 0 aliphatic rings. The molecule has 0 unspecified atom stereocenters. The minimum absolute atomic E-state index is 0.0216. The number of hydrogen-bond acceptors (Lipinski definition) is 6. The van der Waals surface area contributed by atoms with Gasteiger partial charge in [-0.25, -0.2) is 8.42 Å².